The Kier molecular flexibility index (Phi) is 5.22. The zero-order chi connectivity index (χ0) is 13.8. The number of hydrogen-bond donors (Lipinski definition) is 1. The first-order chi connectivity index (χ1) is 8.23. The molecular weight excluding hydrogens is 314 g/mol. The summed E-state index contributed by atoms with van der Waals surface area (Å²) < 4.78 is 26.6. The van der Waals surface area contributed by atoms with Crippen LogP contribution >= 0.6 is 15.9 Å². The molecule has 0 fully saturated rings. The van der Waals surface area contributed by atoms with Crippen LogP contribution in [-0.2, 0) is 15.4 Å². The largest absolute Gasteiger partial charge is 0.283 e. The second-order valence-electron chi connectivity index (χ2n) is 5.52. The van der Waals surface area contributed by atoms with Gasteiger partial charge in [0, 0.05) is 5.33 Å². The number of halogens is 1. The zero-order valence-electron chi connectivity index (χ0n) is 11.0. The Bertz CT molecular complexity index is 492. The summed E-state index contributed by atoms with van der Waals surface area (Å²) in [6.45, 7) is 6.11. The molecule has 0 aliphatic carbocycles. The predicted molar refractivity (Wildman–Crippen MR) is 80.6 cm³/mol. The van der Waals surface area contributed by atoms with Gasteiger partial charge in [0.15, 0.2) is 0 Å². The molecule has 5 heteroatoms. The molecule has 0 radical (unpaired) electrons. The van der Waals surface area contributed by atoms with Crippen molar-refractivity contribution in [2.75, 3.05) is 10.5 Å². The summed E-state index contributed by atoms with van der Waals surface area (Å²) in [6.07, 6.45) is 0.638. The van der Waals surface area contributed by atoms with Crippen LogP contribution in [0.5, 0.6) is 0 Å². The fraction of sp³-hybridized carbons (Fsp3) is 0.538. The molecule has 0 unspecified atom stereocenters. The van der Waals surface area contributed by atoms with Crippen molar-refractivity contribution in [3.05, 3.63) is 29.8 Å². The maximum atomic E-state index is 12.0. The van der Waals surface area contributed by atoms with Crippen molar-refractivity contribution >= 4 is 31.6 Å². The monoisotopic (exact) mass is 333 g/mol. The third-order valence-corrected chi connectivity index (χ3v) is 4.42. The van der Waals surface area contributed by atoms with Crippen LogP contribution in [0.25, 0.3) is 0 Å². The van der Waals surface area contributed by atoms with Gasteiger partial charge < -0.3 is 0 Å². The SMILES string of the molecule is CC(C)(C)CCS(=O)(=O)Nc1ccccc1CBr. The molecule has 0 saturated heterocycles. The summed E-state index contributed by atoms with van der Waals surface area (Å²) in [6, 6.07) is 7.40. The van der Waals surface area contributed by atoms with Gasteiger partial charge in [0.2, 0.25) is 10.0 Å². The summed E-state index contributed by atoms with van der Waals surface area (Å²) in [7, 11) is -3.27. The second kappa shape index (κ2) is 6.06. The maximum absolute atomic E-state index is 12.0. The molecule has 0 aromatic heterocycles. The van der Waals surface area contributed by atoms with E-state index in [0.29, 0.717) is 17.4 Å². The molecule has 0 amide bonds. The van der Waals surface area contributed by atoms with E-state index in [0.717, 1.165) is 5.56 Å². The minimum Gasteiger partial charge on any atom is -0.283 e. The zero-order valence-corrected chi connectivity index (χ0v) is 13.4. The Labute approximate surface area is 118 Å². The van der Waals surface area contributed by atoms with Crippen molar-refractivity contribution in [1.29, 1.82) is 0 Å². The van der Waals surface area contributed by atoms with Crippen molar-refractivity contribution in [2.45, 2.75) is 32.5 Å². The minimum absolute atomic E-state index is 0.0176. The average molecular weight is 334 g/mol. The first-order valence-electron chi connectivity index (χ1n) is 5.88. The van der Waals surface area contributed by atoms with Crippen molar-refractivity contribution in [3.63, 3.8) is 0 Å². The lowest BCUT2D eigenvalue weighted by atomic mass is 9.94. The van der Waals surface area contributed by atoms with Gasteiger partial charge in [0.05, 0.1) is 11.4 Å². The molecule has 0 aliphatic heterocycles. The van der Waals surface area contributed by atoms with Gasteiger partial charge in [0.25, 0.3) is 0 Å². The highest BCUT2D eigenvalue weighted by atomic mass is 79.9. The van der Waals surface area contributed by atoms with E-state index in [4.69, 9.17) is 0 Å². The number of nitrogens with one attached hydrogen (secondary N) is 1. The lowest BCUT2D eigenvalue weighted by Crippen LogP contribution is -2.21. The van der Waals surface area contributed by atoms with E-state index in [-0.39, 0.29) is 11.2 Å². The normalized spacial score (nSPS) is 12.4. The molecular formula is C13H20BrNO2S. The van der Waals surface area contributed by atoms with Crippen LogP contribution in [0.4, 0.5) is 5.69 Å². The topological polar surface area (TPSA) is 46.2 Å². The van der Waals surface area contributed by atoms with Crippen LogP contribution in [0.3, 0.4) is 0 Å². The van der Waals surface area contributed by atoms with Gasteiger partial charge in [-0.15, -0.1) is 0 Å². The summed E-state index contributed by atoms with van der Waals surface area (Å²) in [5.41, 5.74) is 1.61. The maximum Gasteiger partial charge on any atom is 0.232 e. The summed E-state index contributed by atoms with van der Waals surface area (Å²) in [4.78, 5) is 0. The molecule has 0 atom stereocenters. The van der Waals surface area contributed by atoms with Gasteiger partial charge in [-0.05, 0) is 23.5 Å². The number of alkyl halides is 1. The van der Waals surface area contributed by atoms with E-state index in [1.165, 1.54) is 0 Å². The summed E-state index contributed by atoms with van der Waals surface area (Å²) in [5, 5.41) is 0.630. The molecule has 1 rings (SSSR count). The highest BCUT2D eigenvalue weighted by Crippen LogP contribution is 2.22. The Morgan fingerprint density at radius 2 is 1.83 bits per heavy atom. The standard InChI is InChI=1S/C13H20BrNO2S/c1-13(2,3)8-9-18(16,17)15-12-7-5-4-6-11(12)10-14/h4-7,15H,8-10H2,1-3H3. The van der Waals surface area contributed by atoms with Crippen LogP contribution in [0.2, 0.25) is 0 Å². The van der Waals surface area contributed by atoms with Gasteiger partial charge in [-0.2, -0.15) is 0 Å². The van der Waals surface area contributed by atoms with Gasteiger partial charge >= 0.3 is 0 Å². The van der Waals surface area contributed by atoms with E-state index in [2.05, 4.69) is 20.7 Å². The van der Waals surface area contributed by atoms with Gasteiger partial charge in [-0.1, -0.05) is 54.9 Å². The molecule has 0 bridgehead atoms. The van der Waals surface area contributed by atoms with E-state index in [1.807, 2.05) is 39.0 Å². The third kappa shape index (κ3) is 5.40. The molecule has 1 N–H and O–H groups in total. The van der Waals surface area contributed by atoms with Crippen molar-refractivity contribution < 1.29 is 8.42 Å². The fourth-order valence-electron chi connectivity index (χ4n) is 1.40. The van der Waals surface area contributed by atoms with Crippen LogP contribution in [0, 0.1) is 5.41 Å². The van der Waals surface area contributed by atoms with Crippen LogP contribution in [0.15, 0.2) is 24.3 Å². The van der Waals surface area contributed by atoms with Crippen LogP contribution < -0.4 is 4.72 Å². The molecule has 18 heavy (non-hydrogen) atoms. The van der Waals surface area contributed by atoms with E-state index >= 15 is 0 Å². The summed E-state index contributed by atoms with van der Waals surface area (Å²) in [5.74, 6) is 0.146. The molecule has 3 nitrogen and oxygen atoms in total. The van der Waals surface area contributed by atoms with Gasteiger partial charge in [-0.25, -0.2) is 8.42 Å². The number of benzene rings is 1. The Balaban J connectivity index is 2.77. The van der Waals surface area contributed by atoms with Gasteiger partial charge in [0.1, 0.15) is 0 Å². The fourth-order valence-corrected chi connectivity index (χ4v) is 3.40. The molecule has 1 aromatic carbocycles. The molecule has 0 aliphatic rings. The highest BCUT2D eigenvalue weighted by Gasteiger charge is 2.18. The lowest BCUT2D eigenvalue weighted by molar-refractivity contribution is 0.397. The van der Waals surface area contributed by atoms with Crippen LogP contribution in [0.1, 0.15) is 32.8 Å². The Hall–Kier alpha value is -0.550. The average Bonchev–Trinajstić information content (AvgIpc) is 2.26. The molecule has 1 aromatic rings. The van der Waals surface area contributed by atoms with E-state index in [1.54, 1.807) is 6.07 Å². The number of para-hydroxylation sites is 1. The molecule has 102 valence electrons. The van der Waals surface area contributed by atoms with E-state index < -0.39 is 10.0 Å². The Morgan fingerprint density at radius 3 is 2.39 bits per heavy atom. The first kappa shape index (κ1) is 15.5. The molecule has 0 spiro atoms. The second-order valence-corrected chi connectivity index (χ2v) is 7.92. The number of rotatable bonds is 5. The van der Waals surface area contributed by atoms with Crippen molar-refractivity contribution in [2.24, 2.45) is 5.41 Å². The van der Waals surface area contributed by atoms with Crippen molar-refractivity contribution in [1.82, 2.24) is 0 Å². The smallest absolute Gasteiger partial charge is 0.232 e. The minimum atomic E-state index is -3.27. The Morgan fingerprint density at radius 1 is 1.22 bits per heavy atom. The van der Waals surface area contributed by atoms with Gasteiger partial charge in [-0.3, -0.25) is 4.72 Å². The summed E-state index contributed by atoms with van der Waals surface area (Å²) >= 11 is 3.35. The quantitative estimate of drug-likeness (QED) is 0.834. The first-order valence-corrected chi connectivity index (χ1v) is 8.65. The number of sulfonamides is 1. The third-order valence-electron chi connectivity index (χ3n) is 2.55. The lowest BCUT2D eigenvalue weighted by Gasteiger charge is -2.18. The molecule has 0 heterocycles. The predicted octanol–water partition coefficient (Wildman–Crippen LogP) is 3.76. The number of anilines is 1. The van der Waals surface area contributed by atoms with Crippen LogP contribution in [-0.4, -0.2) is 14.2 Å². The highest BCUT2D eigenvalue weighted by molar-refractivity contribution is 9.08. The molecule has 0 saturated carbocycles. The van der Waals surface area contributed by atoms with E-state index in [9.17, 15) is 8.42 Å². The number of hydrogen-bond acceptors (Lipinski definition) is 2. The van der Waals surface area contributed by atoms with Crippen molar-refractivity contribution in [3.8, 4) is 0 Å².